The Bertz CT molecular complexity index is 1120. The molecule has 1 fully saturated rings. The fourth-order valence-corrected chi connectivity index (χ4v) is 4.12. The van der Waals surface area contributed by atoms with Crippen molar-refractivity contribution >= 4 is 15.5 Å². The van der Waals surface area contributed by atoms with Crippen molar-refractivity contribution < 1.29 is 21.6 Å². The summed E-state index contributed by atoms with van der Waals surface area (Å²) in [6, 6.07) is 8.57. The van der Waals surface area contributed by atoms with Crippen LogP contribution in [0.15, 0.2) is 66.1 Å². The third kappa shape index (κ3) is 3.90. The van der Waals surface area contributed by atoms with E-state index in [9.17, 15) is 21.6 Å². The number of rotatable bonds is 5. The van der Waals surface area contributed by atoms with E-state index in [0.29, 0.717) is 25.4 Å². The molecule has 7 nitrogen and oxygen atoms in total. The van der Waals surface area contributed by atoms with Crippen LogP contribution in [0.2, 0.25) is 0 Å². The maximum atomic E-state index is 12.7. The minimum absolute atomic E-state index is 0.562. The summed E-state index contributed by atoms with van der Waals surface area (Å²) in [5.41, 5.74) is -2.72. The van der Waals surface area contributed by atoms with Gasteiger partial charge in [0.2, 0.25) is 0 Å². The Hall–Kier alpha value is -2.92. The van der Waals surface area contributed by atoms with Crippen LogP contribution in [0.4, 0.5) is 18.9 Å². The Labute approximate surface area is 171 Å². The molecule has 3 aromatic rings. The predicted molar refractivity (Wildman–Crippen MR) is 104 cm³/mol. The third-order valence-electron chi connectivity index (χ3n) is 4.91. The molecule has 0 radical (unpaired) electrons. The fraction of sp³-hybridized carbons (Fsp3) is 0.263. The van der Waals surface area contributed by atoms with Crippen molar-refractivity contribution in [1.82, 2.24) is 19.7 Å². The van der Waals surface area contributed by atoms with Crippen molar-refractivity contribution in [1.29, 1.82) is 0 Å². The Morgan fingerprint density at radius 2 is 1.80 bits per heavy atom. The summed E-state index contributed by atoms with van der Waals surface area (Å²) in [4.78, 5) is 7.58. The van der Waals surface area contributed by atoms with Gasteiger partial charge >= 0.3 is 5.51 Å². The minimum atomic E-state index is -5.34. The topological polar surface area (TPSA) is 71.3 Å². The lowest BCUT2D eigenvalue weighted by Crippen LogP contribution is -2.26. The second-order valence-corrected chi connectivity index (χ2v) is 8.80. The standard InChI is InChI=1S/C19H18F3N5O2S/c20-19(21,22)30(28,29)17-4-2-16(3-5-17)26-11-10-25(14-26)13-15-6-8-23-12-18(15)27-9-1-7-24-27/h1-9,12H,10-11,13-14H2. The van der Waals surface area contributed by atoms with Crippen LogP contribution < -0.4 is 4.90 Å². The van der Waals surface area contributed by atoms with Crippen molar-refractivity contribution in [2.75, 3.05) is 24.7 Å². The number of sulfone groups is 1. The molecule has 1 aromatic carbocycles. The van der Waals surface area contributed by atoms with Gasteiger partial charge in [0.1, 0.15) is 0 Å². The third-order valence-corrected chi connectivity index (χ3v) is 6.41. The van der Waals surface area contributed by atoms with Gasteiger partial charge in [0.05, 0.1) is 23.4 Å². The lowest BCUT2D eigenvalue weighted by atomic mass is 10.2. The maximum absolute atomic E-state index is 12.7. The summed E-state index contributed by atoms with van der Waals surface area (Å²) >= 11 is 0. The van der Waals surface area contributed by atoms with E-state index < -0.39 is 20.2 Å². The fourth-order valence-electron chi connectivity index (χ4n) is 3.36. The molecule has 0 saturated carbocycles. The summed E-state index contributed by atoms with van der Waals surface area (Å²) in [6.07, 6.45) is 7.00. The molecule has 0 atom stereocenters. The molecular formula is C19H18F3N5O2S. The van der Waals surface area contributed by atoms with E-state index in [1.165, 1.54) is 12.1 Å². The van der Waals surface area contributed by atoms with E-state index in [4.69, 9.17) is 0 Å². The van der Waals surface area contributed by atoms with Crippen LogP contribution >= 0.6 is 0 Å². The Kier molecular flexibility index (Phi) is 5.24. The number of hydrogen-bond donors (Lipinski definition) is 0. The van der Waals surface area contributed by atoms with Gasteiger partial charge in [-0.2, -0.15) is 18.3 Å². The van der Waals surface area contributed by atoms with E-state index in [1.54, 1.807) is 23.3 Å². The van der Waals surface area contributed by atoms with Crippen molar-refractivity contribution in [3.8, 4) is 5.69 Å². The summed E-state index contributed by atoms with van der Waals surface area (Å²) in [5.74, 6) is 0. The molecule has 0 N–H and O–H groups in total. The van der Waals surface area contributed by atoms with Gasteiger partial charge < -0.3 is 4.90 Å². The van der Waals surface area contributed by atoms with Gasteiger partial charge in [0.15, 0.2) is 0 Å². The first kappa shape index (κ1) is 20.4. The van der Waals surface area contributed by atoms with Crippen LogP contribution in [-0.2, 0) is 16.4 Å². The molecule has 11 heteroatoms. The quantitative estimate of drug-likeness (QED) is 0.611. The number of aromatic nitrogens is 3. The highest BCUT2D eigenvalue weighted by molar-refractivity contribution is 7.92. The van der Waals surface area contributed by atoms with Gasteiger partial charge in [0, 0.05) is 43.9 Å². The second kappa shape index (κ2) is 7.73. The Morgan fingerprint density at radius 1 is 1.03 bits per heavy atom. The zero-order valence-electron chi connectivity index (χ0n) is 15.7. The monoisotopic (exact) mass is 437 g/mol. The van der Waals surface area contributed by atoms with Crippen molar-refractivity contribution in [2.24, 2.45) is 0 Å². The van der Waals surface area contributed by atoms with E-state index in [-0.39, 0.29) is 0 Å². The summed E-state index contributed by atoms with van der Waals surface area (Å²) in [6.45, 7) is 2.64. The molecule has 30 heavy (non-hydrogen) atoms. The van der Waals surface area contributed by atoms with Gasteiger partial charge in [0.25, 0.3) is 9.84 Å². The first-order valence-electron chi connectivity index (χ1n) is 9.07. The predicted octanol–water partition coefficient (Wildman–Crippen LogP) is 2.84. The highest BCUT2D eigenvalue weighted by Gasteiger charge is 2.46. The molecule has 0 spiro atoms. The lowest BCUT2D eigenvalue weighted by molar-refractivity contribution is -0.0436. The number of pyridine rings is 1. The average Bonchev–Trinajstić information content (AvgIpc) is 3.40. The molecule has 0 aliphatic carbocycles. The number of alkyl halides is 3. The molecule has 2 aromatic heterocycles. The first-order chi connectivity index (χ1) is 14.3. The van der Waals surface area contributed by atoms with Crippen LogP contribution in [-0.4, -0.2) is 53.3 Å². The Morgan fingerprint density at radius 3 is 2.47 bits per heavy atom. The number of benzene rings is 1. The molecule has 0 amide bonds. The highest BCUT2D eigenvalue weighted by Crippen LogP contribution is 2.31. The molecule has 3 heterocycles. The molecule has 4 rings (SSSR count). The van der Waals surface area contributed by atoms with Gasteiger partial charge in [-0.1, -0.05) is 0 Å². The molecule has 1 aliphatic heterocycles. The normalized spacial score (nSPS) is 15.6. The summed E-state index contributed by atoms with van der Waals surface area (Å²) < 4.78 is 62.9. The van der Waals surface area contributed by atoms with Crippen LogP contribution in [0.25, 0.3) is 5.69 Å². The molecule has 158 valence electrons. The van der Waals surface area contributed by atoms with Crippen molar-refractivity contribution in [3.63, 3.8) is 0 Å². The average molecular weight is 437 g/mol. The number of nitrogens with zero attached hydrogens (tertiary/aromatic N) is 5. The smallest absolute Gasteiger partial charge is 0.357 e. The first-order valence-corrected chi connectivity index (χ1v) is 10.6. The zero-order valence-corrected chi connectivity index (χ0v) is 16.5. The molecule has 1 saturated heterocycles. The molecular weight excluding hydrogens is 419 g/mol. The van der Waals surface area contributed by atoms with Gasteiger partial charge in [-0.25, -0.2) is 13.1 Å². The van der Waals surface area contributed by atoms with E-state index >= 15 is 0 Å². The number of hydrogen-bond acceptors (Lipinski definition) is 6. The van der Waals surface area contributed by atoms with Gasteiger partial charge in [-0.05, 0) is 42.0 Å². The van der Waals surface area contributed by atoms with E-state index in [0.717, 1.165) is 29.9 Å². The van der Waals surface area contributed by atoms with Crippen LogP contribution in [0.3, 0.4) is 0 Å². The molecule has 0 bridgehead atoms. The largest absolute Gasteiger partial charge is 0.501 e. The van der Waals surface area contributed by atoms with E-state index in [2.05, 4.69) is 15.0 Å². The van der Waals surface area contributed by atoms with E-state index in [1.807, 2.05) is 23.2 Å². The van der Waals surface area contributed by atoms with Crippen LogP contribution in [0.5, 0.6) is 0 Å². The zero-order chi connectivity index (χ0) is 21.4. The lowest BCUT2D eigenvalue weighted by Gasteiger charge is -2.21. The van der Waals surface area contributed by atoms with Crippen LogP contribution in [0.1, 0.15) is 5.56 Å². The van der Waals surface area contributed by atoms with Crippen molar-refractivity contribution in [3.05, 3.63) is 66.7 Å². The number of halogens is 3. The molecule has 0 unspecified atom stereocenters. The Balaban J connectivity index is 1.46. The summed E-state index contributed by atoms with van der Waals surface area (Å²) in [5, 5.41) is 4.25. The SMILES string of the molecule is O=S(=O)(c1ccc(N2CCN(Cc3ccncc3-n3cccn3)C2)cc1)C(F)(F)F. The highest BCUT2D eigenvalue weighted by atomic mass is 32.2. The van der Waals surface area contributed by atoms with Crippen molar-refractivity contribution in [2.45, 2.75) is 16.9 Å². The minimum Gasteiger partial charge on any atom is -0.357 e. The number of anilines is 1. The van der Waals surface area contributed by atoms with Crippen LogP contribution in [0, 0.1) is 0 Å². The second-order valence-electron chi connectivity index (χ2n) is 6.86. The van der Waals surface area contributed by atoms with Gasteiger partial charge in [-0.15, -0.1) is 0 Å². The molecule has 1 aliphatic rings. The van der Waals surface area contributed by atoms with Gasteiger partial charge in [-0.3, -0.25) is 9.88 Å². The maximum Gasteiger partial charge on any atom is 0.501 e. The summed E-state index contributed by atoms with van der Waals surface area (Å²) in [7, 11) is -5.34.